The molecule has 0 amide bonds. The number of carbonyl (C=O) groups excluding carboxylic acids is 1. The van der Waals surface area contributed by atoms with Crippen LogP contribution in [-0.2, 0) is 4.79 Å². The van der Waals surface area contributed by atoms with Gasteiger partial charge in [-0.25, -0.2) is 0 Å². The minimum atomic E-state index is 0.398. The third-order valence-corrected chi connectivity index (χ3v) is 8.80. The average Bonchev–Trinajstić information content (AvgIpc) is 2.92. The molecule has 0 aliphatic heterocycles. The van der Waals surface area contributed by atoms with E-state index in [1.54, 1.807) is 0 Å². The molecule has 0 radical (unpaired) electrons. The van der Waals surface area contributed by atoms with Crippen LogP contribution in [0.3, 0.4) is 0 Å². The first-order valence-electron chi connectivity index (χ1n) is 10.8. The lowest BCUT2D eigenvalue weighted by atomic mass is 9.50. The minimum absolute atomic E-state index is 0.398. The van der Waals surface area contributed by atoms with Gasteiger partial charge in [0.05, 0.1) is 0 Å². The van der Waals surface area contributed by atoms with E-state index in [4.69, 9.17) is 0 Å². The Morgan fingerprint density at radius 3 is 2.75 bits per heavy atom. The first kappa shape index (κ1) is 16.9. The number of allylic oxidation sites excluding steroid dienone is 1. The molecule has 3 fully saturated rings. The zero-order valence-corrected chi connectivity index (χ0v) is 16.0. The molecule has 0 bridgehead atoms. The molecule has 1 heteroatoms. The molecule has 4 aliphatic carbocycles. The summed E-state index contributed by atoms with van der Waals surface area (Å²) in [6, 6.07) is 0. The Hall–Kier alpha value is -0.590. The molecule has 0 saturated heterocycles. The monoisotopic (exact) mass is 328 g/mol. The van der Waals surface area contributed by atoms with Crippen molar-refractivity contribution >= 4 is 5.78 Å². The topological polar surface area (TPSA) is 17.1 Å². The molecule has 4 aliphatic rings. The Bertz CT molecular complexity index is 532. The summed E-state index contributed by atoms with van der Waals surface area (Å²) < 4.78 is 0. The number of fused-ring (bicyclic) bond motifs is 5. The van der Waals surface area contributed by atoms with Crippen molar-refractivity contribution in [3.8, 4) is 0 Å². The summed E-state index contributed by atoms with van der Waals surface area (Å²) in [7, 11) is 0. The van der Waals surface area contributed by atoms with Crippen LogP contribution in [0.5, 0.6) is 0 Å². The van der Waals surface area contributed by atoms with E-state index in [1.165, 1.54) is 56.9 Å². The Morgan fingerprint density at radius 2 is 1.96 bits per heavy atom. The van der Waals surface area contributed by atoms with Crippen molar-refractivity contribution in [2.75, 3.05) is 0 Å². The highest BCUT2D eigenvalue weighted by Gasteiger charge is 2.56. The van der Waals surface area contributed by atoms with Crippen molar-refractivity contribution in [1.29, 1.82) is 0 Å². The lowest BCUT2D eigenvalue weighted by molar-refractivity contribution is -0.116. The minimum Gasteiger partial charge on any atom is -0.295 e. The molecular formula is C23H36O. The molecule has 134 valence electrons. The van der Waals surface area contributed by atoms with E-state index in [9.17, 15) is 4.79 Å². The number of carbonyl (C=O) groups is 1. The third-order valence-electron chi connectivity index (χ3n) is 8.80. The maximum absolute atomic E-state index is 11.8. The largest absolute Gasteiger partial charge is 0.295 e. The van der Waals surface area contributed by atoms with Crippen LogP contribution in [0.2, 0.25) is 0 Å². The van der Waals surface area contributed by atoms with E-state index >= 15 is 0 Å². The lowest BCUT2D eigenvalue weighted by Gasteiger charge is -2.54. The van der Waals surface area contributed by atoms with Gasteiger partial charge in [-0.1, -0.05) is 39.2 Å². The van der Waals surface area contributed by atoms with Gasteiger partial charge >= 0.3 is 0 Å². The van der Waals surface area contributed by atoms with Gasteiger partial charge in [0, 0.05) is 6.42 Å². The van der Waals surface area contributed by atoms with Gasteiger partial charge in [-0.2, -0.15) is 0 Å². The number of rotatable bonds is 3. The summed E-state index contributed by atoms with van der Waals surface area (Å²) in [5, 5.41) is 0. The fraction of sp³-hybridized carbons (Fsp3) is 0.870. The maximum Gasteiger partial charge on any atom is 0.155 e. The molecule has 0 spiro atoms. The summed E-state index contributed by atoms with van der Waals surface area (Å²) in [5.41, 5.74) is 2.14. The molecule has 1 nitrogen and oxygen atoms in total. The zero-order valence-electron chi connectivity index (χ0n) is 16.0. The first-order chi connectivity index (χ1) is 11.5. The summed E-state index contributed by atoms with van der Waals surface area (Å²) in [4.78, 5) is 11.8. The van der Waals surface area contributed by atoms with E-state index in [0.29, 0.717) is 11.2 Å². The second-order valence-electron chi connectivity index (χ2n) is 9.80. The summed E-state index contributed by atoms with van der Waals surface area (Å²) in [5.74, 6) is 5.86. The number of hydrogen-bond donors (Lipinski definition) is 0. The van der Waals surface area contributed by atoms with Gasteiger partial charge < -0.3 is 0 Å². The Labute approximate surface area is 148 Å². The Balaban J connectivity index is 1.56. The van der Waals surface area contributed by atoms with E-state index in [0.717, 1.165) is 48.3 Å². The molecule has 0 aromatic rings. The van der Waals surface area contributed by atoms with Gasteiger partial charge in [-0.15, -0.1) is 0 Å². The van der Waals surface area contributed by atoms with Gasteiger partial charge in [0.15, 0.2) is 5.78 Å². The van der Waals surface area contributed by atoms with Crippen molar-refractivity contribution in [3.63, 3.8) is 0 Å². The van der Waals surface area contributed by atoms with Crippen molar-refractivity contribution in [2.24, 2.45) is 40.9 Å². The first-order valence-corrected chi connectivity index (χ1v) is 10.8. The van der Waals surface area contributed by atoms with Crippen LogP contribution in [0.25, 0.3) is 0 Å². The van der Waals surface area contributed by atoms with Crippen LogP contribution in [0.4, 0.5) is 0 Å². The zero-order chi connectivity index (χ0) is 16.9. The molecular weight excluding hydrogens is 292 g/mol. The van der Waals surface area contributed by atoms with E-state index < -0.39 is 0 Å². The van der Waals surface area contributed by atoms with Crippen molar-refractivity contribution in [3.05, 3.63) is 11.6 Å². The molecule has 24 heavy (non-hydrogen) atoms. The molecule has 0 aromatic carbocycles. The van der Waals surface area contributed by atoms with Crippen LogP contribution >= 0.6 is 0 Å². The van der Waals surface area contributed by atoms with E-state index in [-0.39, 0.29) is 0 Å². The predicted molar refractivity (Wildman–Crippen MR) is 99.7 cm³/mol. The molecule has 3 saturated carbocycles. The van der Waals surface area contributed by atoms with E-state index in [1.807, 2.05) is 6.08 Å². The smallest absolute Gasteiger partial charge is 0.155 e. The summed E-state index contributed by atoms with van der Waals surface area (Å²) in [6.45, 7) is 7.54. The molecule has 7 atom stereocenters. The highest BCUT2D eigenvalue weighted by atomic mass is 16.1. The summed E-state index contributed by atoms with van der Waals surface area (Å²) in [6.07, 6.45) is 15.2. The van der Waals surface area contributed by atoms with Gasteiger partial charge in [-0.05, 0) is 91.9 Å². The second kappa shape index (κ2) is 6.29. The Morgan fingerprint density at radius 1 is 1.12 bits per heavy atom. The molecule has 0 N–H and O–H groups in total. The van der Waals surface area contributed by atoms with Crippen LogP contribution in [-0.4, -0.2) is 5.78 Å². The highest BCUT2D eigenvalue weighted by molar-refractivity contribution is 5.91. The number of ketones is 1. The lowest BCUT2D eigenvalue weighted by Crippen LogP contribution is -2.47. The molecule has 0 aromatic heterocycles. The van der Waals surface area contributed by atoms with Gasteiger partial charge in [0.25, 0.3) is 0 Å². The van der Waals surface area contributed by atoms with Crippen LogP contribution in [0, 0.1) is 40.9 Å². The van der Waals surface area contributed by atoms with E-state index in [2.05, 4.69) is 20.8 Å². The molecule has 0 unspecified atom stereocenters. The van der Waals surface area contributed by atoms with Gasteiger partial charge in [0.2, 0.25) is 0 Å². The average molecular weight is 329 g/mol. The maximum atomic E-state index is 11.8. The van der Waals surface area contributed by atoms with Crippen LogP contribution < -0.4 is 0 Å². The fourth-order valence-corrected chi connectivity index (χ4v) is 7.81. The van der Waals surface area contributed by atoms with Crippen LogP contribution in [0.15, 0.2) is 11.6 Å². The molecule has 4 rings (SSSR count). The third kappa shape index (κ3) is 2.53. The standard InChI is InChI=1S/C23H36O/c1-4-5-15(2)21-10-11-22-20-8-6-16-14-17(24)7-9-18(16)19(20)12-13-23(21,22)3/h14-15,18-22H,4-13H2,1-3H3/t15-,18+,19-,20-,21-,22+,23-/m1/s1. The number of hydrogen-bond acceptors (Lipinski definition) is 1. The normalized spacial score (nSPS) is 45.9. The quantitative estimate of drug-likeness (QED) is 0.604. The predicted octanol–water partition coefficient (Wildman–Crippen LogP) is 6.18. The Kier molecular flexibility index (Phi) is 4.42. The molecule has 0 heterocycles. The van der Waals surface area contributed by atoms with Crippen molar-refractivity contribution in [2.45, 2.75) is 85.0 Å². The van der Waals surface area contributed by atoms with Crippen molar-refractivity contribution < 1.29 is 4.79 Å². The fourth-order valence-electron chi connectivity index (χ4n) is 7.81. The SMILES string of the molecule is CCC[C@@H](C)[C@H]1CC[C@H]2[C@@H]3CCC4=CC(=O)CC[C@@H]4[C@H]3CC[C@]12C. The summed E-state index contributed by atoms with van der Waals surface area (Å²) >= 11 is 0. The highest BCUT2D eigenvalue weighted by Crippen LogP contribution is 2.65. The van der Waals surface area contributed by atoms with Gasteiger partial charge in [-0.3, -0.25) is 4.79 Å². The van der Waals surface area contributed by atoms with Crippen molar-refractivity contribution in [1.82, 2.24) is 0 Å². The van der Waals surface area contributed by atoms with Crippen LogP contribution in [0.1, 0.15) is 85.0 Å². The van der Waals surface area contributed by atoms with Gasteiger partial charge in [0.1, 0.15) is 0 Å². The second-order valence-corrected chi connectivity index (χ2v) is 9.80.